The lowest BCUT2D eigenvalue weighted by Crippen LogP contribution is -2.45. The number of nitrogens with one attached hydrogen (secondary N) is 1. The molecule has 1 amide bonds. The molecule has 0 radical (unpaired) electrons. The Morgan fingerprint density at radius 2 is 0.906 bits per heavy atom. The zero-order valence-electron chi connectivity index (χ0n) is 35.5. The summed E-state index contributed by atoms with van der Waals surface area (Å²) < 4.78 is 5.44. The van der Waals surface area contributed by atoms with Crippen molar-refractivity contribution in [3.63, 3.8) is 0 Å². The number of rotatable bonds is 43. The summed E-state index contributed by atoms with van der Waals surface area (Å²) >= 11 is 0. The third-order valence-corrected chi connectivity index (χ3v) is 10.8. The third kappa shape index (κ3) is 40.1. The quantitative estimate of drug-likeness (QED) is 0.0328. The minimum atomic E-state index is -0.691. The number of amides is 1. The summed E-state index contributed by atoms with van der Waals surface area (Å²) in [4.78, 5) is 24.4. The van der Waals surface area contributed by atoms with Crippen LogP contribution in [0.25, 0.3) is 0 Å². The van der Waals surface area contributed by atoms with Crippen LogP contribution in [-0.4, -0.2) is 47.4 Å². The van der Waals surface area contributed by atoms with E-state index in [-0.39, 0.29) is 18.5 Å². The molecular weight excluding hydrogens is 659 g/mol. The maximum Gasteiger partial charge on any atom is 0.305 e. The number of esters is 1. The highest BCUT2D eigenvalue weighted by atomic mass is 16.5. The highest BCUT2D eigenvalue weighted by molar-refractivity contribution is 5.76. The average Bonchev–Trinajstić information content (AvgIpc) is 3.16. The van der Waals surface area contributed by atoms with Crippen LogP contribution in [0.15, 0.2) is 12.2 Å². The topological polar surface area (TPSA) is 95.9 Å². The molecule has 6 nitrogen and oxygen atoms in total. The Bertz CT molecular complexity index is 787. The summed E-state index contributed by atoms with van der Waals surface area (Å²) in [6.07, 6.45) is 47.5. The zero-order valence-corrected chi connectivity index (χ0v) is 35.5. The van der Waals surface area contributed by atoms with Crippen LogP contribution >= 0.6 is 0 Å². The van der Waals surface area contributed by atoms with Crippen LogP contribution in [0.3, 0.4) is 0 Å². The molecule has 0 fully saturated rings. The fourth-order valence-electron chi connectivity index (χ4n) is 7.17. The highest BCUT2D eigenvalue weighted by Crippen LogP contribution is 2.16. The molecule has 314 valence electrons. The van der Waals surface area contributed by atoms with Crippen LogP contribution in [-0.2, 0) is 14.3 Å². The average molecular weight is 750 g/mol. The first kappa shape index (κ1) is 51.6. The van der Waals surface area contributed by atoms with Gasteiger partial charge in [0.05, 0.1) is 25.4 Å². The lowest BCUT2D eigenvalue weighted by atomic mass is 10.0. The maximum absolute atomic E-state index is 12.3. The monoisotopic (exact) mass is 750 g/mol. The normalized spacial score (nSPS) is 12.8. The van der Waals surface area contributed by atoms with Gasteiger partial charge in [0, 0.05) is 12.8 Å². The van der Waals surface area contributed by atoms with Crippen LogP contribution in [0.1, 0.15) is 251 Å². The van der Waals surface area contributed by atoms with Crippen LogP contribution in [0.4, 0.5) is 0 Å². The predicted octanol–water partition coefficient (Wildman–Crippen LogP) is 13.4. The van der Waals surface area contributed by atoms with Gasteiger partial charge in [0.2, 0.25) is 5.91 Å². The lowest BCUT2D eigenvalue weighted by molar-refractivity contribution is -0.143. The van der Waals surface area contributed by atoms with E-state index in [1.807, 2.05) is 0 Å². The highest BCUT2D eigenvalue weighted by Gasteiger charge is 2.19. The van der Waals surface area contributed by atoms with Gasteiger partial charge in [-0.05, 0) is 44.9 Å². The molecule has 2 atom stereocenters. The van der Waals surface area contributed by atoms with Crippen molar-refractivity contribution in [2.75, 3.05) is 13.2 Å². The Balaban J connectivity index is 3.50. The lowest BCUT2D eigenvalue weighted by Gasteiger charge is -2.22. The smallest absolute Gasteiger partial charge is 0.305 e. The summed E-state index contributed by atoms with van der Waals surface area (Å²) in [6, 6.07) is -0.575. The zero-order chi connectivity index (χ0) is 38.7. The first-order chi connectivity index (χ1) is 26.0. The number of ether oxygens (including phenoxy) is 1. The molecule has 0 aromatic rings. The molecule has 0 rings (SSSR count). The summed E-state index contributed by atoms with van der Waals surface area (Å²) in [5.74, 6) is -0.129. The summed E-state index contributed by atoms with van der Waals surface area (Å²) in [5.41, 5.74) is 0. The molecule has 0 saturated heterocycles. The SMILES string of the molecule is CCCCCCCCCCCCCCCCCCCC(=O)OCCCCCC/C=C\CCCC(=O)NC(CO)C(O)CCCCCCCCCCCC. The van der Waals surface area contributed by atoms with Crippen molar-refractivity contribution in [3.8, 4) is 0 Å². The van der Waals surface area contributed by atoms with E-state index in [9.17, 15) is 19.8 Å². The minimum Gasteiger partial charge on any atom is -0.466 e. The van der Waals surface area contributed by atoms with Crippen LogP contribution in [0.5, 0.6) is 0 Å². The standard InChI is InChI=1S/C47H91NO5/c1-3-5-7-9-11-13-15-16-17-18-19-20-21-25-29-33-37-41-47(52)53-42-38-34-30-26-22-24-28-32-36-40-46(51)48-44(43-49)45(50)39-35-31-27-23-14-12-10-8-6-4-2/h24,28,44-45,49-50H,3-23,25-27,29-43H2,1-2H3,(H,48,51)/b28-24-. The molecule has 0 aliphatic heterocycles. The van der Waals surface area contributed by atoms with E-state index in [0.29, 0.717) is 25.9 Å². The molecular formula is C47H91NO5. The number of hydrogen-bond acceptors (Lipinski definition) is 5. The molecule has 0 heterocycles. The van der Waals surface area contributed by atoms with E-state index >= 15 is 0 Å². The Labute approximate surface area is 329 Å². The molecule has 0 bridgehead atoms. The first-order valence-corrected chi connectivity index (χ1v) is 23.4. The van der Waals surface area contributed by atoms with Crippen LogP contribution in [0, 0.1) is 0 Å². The molecule has 2 unspecified atom stereocenters. The second-order valence-corrected chi connectivity index (χ2v) is 16.1. The molecule has 3 N–H and O–H groups in total. The Kier molecular flexibility index (Phi) is 42.2. The van der Waals surface area contributed by atoms with Gasteiger partial charge in [0.15, 0.2) is 0 Å². The van der Waals surface area contributed by atoms with Gasteiger partial charge in [-0.2, -0.15) is 0 Å². The number of aliphatic hydroxyl groups is 2. The summed E-state index contributed by atoms with van der Waals surface area (Å²) in [6.45, 7) is 4.85. The maximum atomic E-state index is 12.3. The molecule has 0 aromatic carbocycles. The second kappa shape index (κ2) is 43.3. The number of aliphatic hydroxyl groups excluding tert-OH is 2. The van der Waals surface area contributed by atoms with Crippen molar-refractivity contribution in [1.82, 2.24) is 5.32 Å². The number of hydrogen-bond donors (Lipinski definition) is 3. The minimum absolute atomic E-state index is 0.0324. The van der Waals surface area contributed by atoms with Crippen molar-refractivity contribution in [3.05, 3.63) is 12.2 Å². The molecule has 0 aliphatic carbocycles. The molecule has 6 heteroatoms. The second-order valence-electron chi connectivity index (χ2n) is 16.1. The van der Waals surface area contributed by atoms with Gasteiger partial charge in [-0.25, -0.2) is 0 Å². The van der Waals surface area contributed by atoms with Crippen LogP contribution in [0.2, 0.25) is 0 Å². The van der Waals surface area contributed by atoms with E-state index in [2.05, 4.69) is 31.3 Å². The van der Waals surface area contributed by atoms with Gasteiger partial charge in [0.1, 0.15) is 0 Å². The number of allylic oxidation sites excluding steroid dienone is 2. The number of carbonyl (C=O) groups is 2. The van der Waals surface area contributed by atoms with Crippen molar-refractivity contribution < 1.29 is 24.5 Å². The van der Waals surface area contributed by atoms with Crippen LogP contribution < -0.4 is 5.32 Å². The van der Waals surface area contributed by atoms with E-state index in [0.717, 1.165) is 70.6 Å². The van der Waals surface area contributed by atoms with Crippen molar-refractivity contribution in [1.29, 1.82) is 0 Å². The number of unbranched alkanes of at least 4 members (excludes halogenated alkanes) is 30. The summed E-state index contributed by atoms with van der Waals surface area (Å²) in [7, 11) is 0. The van der Waals surface area contributed by atoms with E-state index in [4.69, 9.17) is 4.74 Å². The first-order valence-electron chi connectivity index (χ1n) is 23.4. The van der Waals surface area contributed by atoms with Gasteiger partial charge < -0.3 is 20.3 Å². The third-order valence-electron chi connectivity index (χ3n) is 10.8. The predicted molar refractivity (Wildman–Crippen MR) is 227 cm³/mol. The Morgan fingerprint density at radius 1 is 0.509 bits per heavy atom. The fourth-order valence-corrected chi connectivity index (χ4v) is 7.17. The largest absolute Gasteiger partial charge is 0.466 e. The molecule has 53 heavy (non-hydrogen) atoms. The van der Waals surface area contributed by atoms with Crippen molar-refractivity contribution in [2.45, 2.75) is 264 Å². The molecule has 0 aromatic heterocycles. The fraction of sp³-hybridized carbons (Fsp3) is 0.915. The molecule has 0 spiro atoms. The summed E-state index contributed by atoms with van der Waals surface area (Å²) in [5, 5.41) is 23.0. The molecule has 0 saturated carbocycles. The van der Waals surface area contributed by atoms with Gasteiger partial charge in [-0.1, -0.05) is 206 Å². The number of carbonyl (C=O) groups excluding carboxylic acids is 2. The van der Waals surface area contributed by atoms with E-state index in [1.165, 1.54) is 148 Å². The van der Waals surface area contributed by atoms with Crippen molar-refractivity contribution in [2.24, 2.45) is 0 Å². The van der Waals surface area contributed by atoms with E-state index in [1.54, 1.807) is 0 Å². The van der Waals surface area contributed by atoms with Gasteiger partial charge in [0.25, 0.3) is 0 Å². The Morgan fingerprint density at radius 3 is 1.38 bits per heavy atom. The van der Waals surface area contributed by atoms with Gasteiger partial charge >= 0.3 is 5.97 Å². The Hall–Kier alpha value is -1.40. The molecule has 0 aliphatic rings. The van der Waals surface area contributed by atoms with Crippen molar-refractivity contribution >= 4 is 11.9 Å². The van der Waals surface area contributed by atoms with Gasteiger partial charge in [-0.15, -0.1) is 0 Å². The van der Waals surface area contributed by atoms with E-state index < -0.39 is 12.1 Å². The van der Waals surface area contributed by atoms with Gasteiger partial charge in [-0.3, -0.25) is 9.59 Å².